The summed E-state index contributed by atoms with van der Waals surface area (Å²) in [4.78, 5) is 33.4. The lowest BCUT2D eigenvalue weighted by atomic mass is 9.88. The molecular formula is C31H43FN6O3S. The van der Waals surface area contributed by atoms with Crippen LogP contribution in [0.5, 0.6) is 0 Å². The van der Waals surface area contributed by atoms with Crippen LogP contribution < -0.4 is 16.4 Å². The third-order valence-corrected chi connectivity index (χ3v) is 9.01. The molecule has 0 radical (unpaired) electrons. The van der Waals surface area contributed by atoms with Crippen molar-refractivity contribution in [3.8, 4) is 0 Å². The second-order valence-corrected chi connectivity index (χ2v) is 13.1. The third kappa shape index (κ3) is 7.73. The van der Waals surface area contributed by atoms with Crippen molar-refractivity contribution in [2.45, 2.75) is 65.3 Å². The highest BCUT2D eigenvalue weighted by atomic mass is 32.2. The van der Waals surface area contributed by atoms with E-state index in [1.807, 2.05) is 11.0 Å². The SMILES string of the molecule is CCC(=N)C(=C(C)N)c1ccc(NC(=O)[C@@H](NC(=O)C2=CC=C(CC)CN2CCS(C)=O)C(C2CC2)C2CC2)nc1F. The Morgan fingerprint density at radius 3 is 2.38 bits per heavy atom. The van der Waals surface area contributed by atoms with E-state index in [9.17, 15) is 13.8 Å². The molecule has 1 aliphatic heterocycles. The van der Waals surface area contributed by atoms with Crippen LogP contribution in [-0.4, -0.2) is 62.8 Å². The number of halogens is 1. The Hall–Kier alpha value is -3.34. The van der Waals surface area contributed by atoms with Crippen LogP contribution >= 0.6 is 0 Å². The summed E-state index contributed by atoms with van der Waals surface area (Å²) in [6.45, 7) is 6.50. The summed E-state index contributed by atoms with van der Waals surface area (Å²) in [5.41, 5.74) is 8.49. The summed E-state index contributed by atoms with van der Waals surface area (Å²) >= 11 is 0. The lowest BCUT2D eigenvalue weighted by Gasteiger charge is -2.32. The largest absolute Gasteiger partial charge is 0.402 e. The van der Waals surface area contributed by atoms with Crippen molar-refractivity contribution in [1.29, 1.82) is 5.41 Å². The highest BCUT2D eigenvalue weighted by Crippen LogP contribution is 2.51. The van der Waals surface area contributed by atoms with E-state index in [1.165, 1.54) is 17.7 Å². The molecule has 1 aromatic rings. The van der Waals surface area contributed by atoms with E-state index in [2.05, 4.69) is 22.5 Å². The van der Waals surface area contributed by atoms with Crippen LogP contribution in [0.15, 0.2) is 41.3 Å². The normalized spacial score (nSPS) is 19.0. The molecule has 0 saturated heterocycles. The number of rotatable bonds is 14. The maximum Gasteiger partial charge on any atom is 0.268 e. The highest BCUT2D eigenvalue weighted by Gasteiger charge is 2.48. The molecule has 0 bridgehead atoms. The van der Waals surface area contributed by atoms with Gasteiger partial charge in [0.2, 0.25) is 11.9 Å². The van der Waals surface area contributed by atoms with Crippen molar-refractivity contribution in [3.05, 3.63) is 52.8 Å². The first-order valence-electron chi connectivity index (χ1n) is 14.8. The van der Waals surface area contributed by atoms with E-state index in [0.717, 1.165) is 32.1 Å². The van der Waals surface area contributed by atoms with Gasteiger partial charge in [0.15, 0.2) is 0 Å². The molecule has 9 nitrogen and oxygen atoms in total. The molecule has 1 unspecified atom stereocenters. The fraction of sp³-hybridized carbons (Fsp3) is 0.548. The number of aromatic nitrogens is 1. The predicted molar refractivity (Wildman–Crippen MR) is 165 cm³/mol. The number of nitrogens with two attached hydrogens (primary N) is 1. The zero-order chi connectivity index (χ0) is 30.6. The first kappa shape index (κ1) is 31.6. The van der Waals surface area contributed by atoms with Gasteiger partial charge in [0.05, 0.1) is 0 Å². The van der Waals surface area contributed by atoms with E-state index >= 15 is 4.39 Å². The third-order valence-electron chi connectivity index (χ3n) is 8.25. The summed E-state index contributed by atoms with van der Waals surface area (Å²) in [5, 5.41) is 14.0. The monoisotopic (exact) mass is 598 g/mol. The number of nitrogens with one attached hydrogen (secondary N) is 3. The molecule has 42 heavy (non-hydrogen) atoms. The molecule has 2 aliphatic carbocycles. The molecule has 1 aromatic heterocycles. The fourth-order valence-corrected chi connectivity index (χ4v) is 6.18. The molecule has 2 heterocycles. The molecule has 0 aromatic carbocycles. The fourth-order valence-electron chi connectivity index (χ4n) is 5.70. The number of carbonyl (C=O) groups is 2. The first-order valence-corrected chi connectivity index (χ1v) is 16.5. The Kier molecular flexibility index (Phi) is 10.3. The smallest absolute Gasteiger partial charge is 0.268 e. The second-order valence-electron chi connectivity index (χ2n) is 11.5. The van der Waals surface area contributed by atoms with Gasteiger partial charge in [-0.05, 0) is 81.4 Å². The topological polar surface area (TPSA) is 141 Å². The molecule has 228 valence electrons. The minimum atomic E-state index is -1.01. The van der Waals surface area contributed by atoms with Gasteiger partial charge in [0.25, 0.3) is 5.91 Å². The molecule has 4 rings (SSSR count). The Morgan fingerprint density at radius 2 is 1.86 bits per heavy atom. The highest BCUT2D eigenvalue weighted by molar-refractivity contribution is 7.84. The van der Waals surface area contributed by atoms with Crippen molar-refractivity contribution in [2.24, 2.45) is 23.5 Å². The van der Waals surface area contributed by atoms with Gasteiger partial charge in [-0.3, -0.25) is 13.8 Å². The molecular weight excluding hydrogens is 555 g/mol. The maximum absolute atomic E-state index is 15.2. The Labute approximate surface area is 250 Å². The molecule has 2 amide bonds. The maximum atomic E-state index is 15.2. The van der Waals surface area contributed by atoms with Crippen molar-refractivity contribution < 1.29 is 18.2 Å². The second kappa shape index (κ2) is 13.8. The average molecular weight is 599 g/mol. The number of pyridine rings is 1. The predicted octanol–water partition coefficient (Wildman–Crippen LogP) is 4.11. The summed E-state index contributed by atoms with van der Waals surface area (Å²) < 4.78 is 27.0. The first-order chi connectivity index (χ1) is 20.0. The van der Waals surface area contributed by atoms with Crippen molar-refractivity contribution >= 4 is 39.7 Å². The van der Waals surface area contributed by atoms with Gasteiger partial charge in [0, 0.05) is 58.4 Å². The van der Waals surface area contributed by atoms with Crippen LogP contribution in [0.1, 0.15) is 64.9 Å². The number of allylic oxidation sites excluding steroid dienone is 4. The van der Waals surface area contributed by atoms with Crippen LogP contribution in [0, 0.1) is 29.1 Å². The van der Waals surface area contributed by atoms with Gasteiger partial charge in [-0.25, -0.2) is 4.98 Å². The van der Waals surface area contributed by atoms with Gasteiger partial charge in [-0.2, -0.15) is 4.39 Å². The van der Waals surface area contributed by atoms with Gasteiger partial charge in [-0.1, -0.05) is 25.5 Å². The number of amides is 2. The summed E-state index contributed by atoms with van der Waals surface area (Å²) in [6.07, 6.45) is 10.6. The lowest BCUT2D eigenvalue weighted by Crippen LogP contribution is -2.52. The zero-order valence-electron chi connectivity index (χ0n) is 25.0. The molecule has 3 aliphatic rings. The Morgan fingerprint density at radius 1 is 1.19 bits per heavy atom. The van der Waals surface area contributed by atoms with Gasteiger partial charge in [0.1, 0.15) is 17.6 Å². The molecule has 0 spiro atoms. The van der Waals surface area contributed by atoms with Crippen LogP contribution in [0.25, 0.3) is 5.57 Å². The van der Waals surface area contributed by atoms with E-state index < -0.39 is 28.7 Å². The lowest BCUT2D eigenvalue weighted by molar-refractivity contribution is -0.126. The Balaban J connectivity index is 1.58. The number of hydrogen-bond acceptors (Lipinski definition) is 7. The zero-order valence-corrected chi connectivity index (χ0v) is 25.8. The van der Waals surface area contributed by atoms with Crippen molar-refractivity contribution in [2.75, 3.05) is 30.4 Å². The van der Waals surface area contributed by atoms with Crippen LogP contribution in [0.3, 0.4) is 0 Å². The van der Waals surface area contributed by atoms with Crippen LogP contribution in [-0.2, 0) is 20.4 Å². The van der Waals surface area contributed by atoms with Gasteiger partial charge >= 0.3 is 0 Å². The summed E-state index contributed by atoms with van der Waals surface area (Å²) in [5.74, 6) is -0.455. The van der Waals surface area contributed by atoms with E-state index in [-0.39, 0.29) is 28.9 Å². The molecule has 11 heteroatoms. The minimum absolute atomic E-state index is 0.0138. The van der Waals surface area contributed by atoms with Crippen molar-refractivity contribution in [3.63, 3.8) is 0 Å². The minimum Gasteiger partial charge on any atom is -0.402 e. The quantitative estimate of drug-likeness (QED) is 0.188. The molecule has 5 N–H and O–H groups in total. The van der Waals surface area contributed by atoms with Gasteiger partial charge < -0.3 is 26.7 Å². The average Bonchev–Trinajstić information content (AvgIpc) is 3.88. The number of hydrogen-bond donors (Lipinski definition) is 4. The van der Waals surface area contributed by atoms with Crippen LogP contribution in [0.4, 0.5) is 10.2 Å². The molecule has 2 atom stereocenters. The van der Waals surface area contributed by atoms with E-state index in [4.69, 9.17) is 11.1 Å². The summed E-state index contributed by atoms with van der Waals surface area (Å²) in [6, 6.07) is 2.16. The molecule has 2 fully saturated rings. The van der Waals surface area contributed by atoms with Crippen LogP contribution in [0.2, 0.25) is 0 Å². The number of carbonyl (C=O) groups excluding carboxylic acids is 2. The van der Waals surface area contributed by atoms with E-state index in [1.54, 1.807) is 26.2 Å². The number of nitrogens with zero attached hydrogens (tertiary/aromatic N) is 2. The standard InChI is InChI=1S/C31H43FN6O3S/c1-5-19-7-13-24(38(17-19)15-16-42(4)41)30(39)37-28(27(20-8-9-20)21-10-11-21)31(40)36-25-14-12-22(29(32)35-25)26(18(3)33)23(34)6-2/h7,12-14,20-21,27-28,34H,5-6,8-11,15-17,33H2,1-4H3,(H,37,39)(H,35,36,40)/t28-,42?/m0/s1. The van der Waals surface area contributed by atoms with Gasteiger partial charge in [-0.15, -0.1) is 0 Å². The number of anilines is 1. The van der Waals surface area contributed by atoms with Crippen molar-refractivity contribution in [1.82, 2.24) is 15.2 Å². The molecule has 2 saturated carbocycles. The van der Waals surface area contributed by atoms with E-state index in [0.29, 0.717) is 54.1 Å². The Bertz CT molecular complexity index is 1330. The summed E-state index contributed by atoms with van der Waals surface area (Å²) in [7, 11) is -1.01.